The van der Waals surface area contributed by atoms with Crippen LogP contribution >= 0.6 is 0 Å². The summed E-state index contributed by atoms with van der Waals surface area (Å²) in [7, 11) is 1.38. The number of nitro groups is 1. The number of methoxy groups -OCH3 is 1. The Morgan fingerprint density at radius 3 is 2.67 bits per heavy atom. The van der Waals surface area contributed by atoms with Gasteiger partial charge in [0.25, 0.3) is 0 Å². The van der Waals surface area contributed by atoms with Gasteiger partial charge >= 0.3 is 5.69 Å². The minimum Gasteiger partial charge on any atom is -0.490 e. The Hall–Kier alpha value is -2.11. The van der Waals surface area contributed by atoms with Gasteiger partial charge in [0.1, 0.15) is 0 Å². The number of hydrogen-bond acceptors (Lipinski definition) is 4. The fraction of sp³-hybridized carbons (Fsp3) is 0.417. The number of ether oxygens (including phenoxy) is 1. The molecule has 0 N–H and O–H groups in total. The van der Waals surface area contributed by atoms with Gasteiger partial charge in [-0.2, -0.15) is 0 Å². The third-order valence-corrected chi connectivity index (χ3v) is 3.06. The summed E-state index contributed by atoms with van der Waals surface area (Å²) < 4.78 is 5.02. The van der Waals surface area contributed by atoms with Crippen LogP contribution in [0, 0.1) is 17.0 Å². The number of carbonyl (C=O) groups excluding carboxylic acids is 1. The van der Waals surface area contributed by atoms with Crippen LogP contribution in [-0.2, 0) is 4.79 Å². The first kappa shape index (κ1) is 12.3. The number of rotatable bonds is 3. The molecule has 0 aromatic heterocycles. The van der Waals surface area contributed by atoms with Crippen LogP contribution < -0.4 is 9.64 Å². The zero-order valence-corrected chi connectivity index (χ0v) is 10.3. The highest BCUT2D eigenvalue weighted by Gasteiger charge is 2.26. The van der Waals surface area contributed by atoms with Gasteiger partial charge < -0.3 is 9.64 Å². The van der Waals surface area contributed by atoms with Crippen molar-refractivity contribution in [3.8, 4) is 5.75 Å². The predicted octanol–water partition coefficient (Wildman–Crippen LogP) is 2.04. The van der Waals surface area contributed by atoms with Crippen LogP contribution in [0.1, 0.15) is 18.4 Å². The molecular formula is C12H14N2O4. The van der Waals surface area contributed by atoms with Crippen LogP contribution in [0.25, 0.3) is 0 Å². The molecule has 1 aliphatic rings. The molecular weight excluding hydrogens is 236 g/mol. The number of nitro benzene ring substituents is 1. The predicted molar refractivity (Wildman–Crippen MR) is 66.0 cm³/mol. The molecule has 0 saturated carbocycles. The molecule has 0 bridgehead atoms. The largest absolute Gasteiger partial charge is 0.490 e. The molecule has 1 aromatic carbocycles. The minimum absolute atomic E-state index is 0.0500. The Bertz CT molecular complexity index is 513. The number of nitrogens with zero attached hydrogens (tertiary/aromatic N) is 2. The summed E-state index contributed by atoms with van der Waals surface area (Å²) in [4.78, 5) is 23.7. The minimum atomic E-state index is -0.485. The first-order valence-electron chi connectivity index (χ1n) is 5.68. The van der Waals surface area contributed by atoms with Gasteiger partial charge in [0.05, 0.1) is 17.7 Å². The highest BCUT2D eigenvalue weighted by Crippen LogP contribution is 2.35. The van der Waals surface area contributed by atoms with Gasteiger partial charge in [-0.3, -0.25) is 14.9 Å². The highest BCUT2D eigenvalue weighted by molar-refractivity contribution is 5.96. The number of benzene rings is 1. The molecule has 1 fully saturated rings. The van der Waals surface area contributed by atoms with Crippen molar-refractivity contribution < 1.29 is 14.5 Å². The molecule has 0 unspecified atom stereocenters. The Balaban J connectivity index is 2.49. The van der Waals surface area contributed by atoms with Crippen LogP contribution in [0.4, 0.5) is 11.4 Å². The van der Waals surface area contributed by atoms with E-state index in [1.807, 2.05) is 0 Å². The average molecular weight is 250 g/mol. The molecule has 2 rings (SSSR count). The molecule has 0 radical (unpaired) electrons. The van der Waals surface area contributed by atoms with Crippen molar-refractivity contribution in [3.05, 3.63) is 27.8 Å². The Morgan fingerprint density at radius 1 is 1.44 bits per heavy atom. The maximum atomic E-state index is 11.7. The fourth-order valence-electron chi connectivity index (χ4n) is 2.16. The lowest BCUT2D eigenvalue weighted by Crippen LogP contribution is -2.24. The fourth-order valence-corrected chi connectivity index (χ4v) is 2.16. The van der Waals surface area contributed by atoms with E-state index in [0.29, 0.717) is 24.2 Å². The summed E-state index contributed by atoms with van der Waals surface area (Å²) >= 11 is 0. The lowest BCUT2D eigenvalue weighted by molar-refractivity contribution is -0.385. The van der Waals surface area contributed by atoms with E-state index < -0.39 is 4.92 Å². The van der Waals surface area contributed by atoms with Crippen molar-refractivity contribution >= 4 is 17.3 Å². The van der Waals surface area contributed by atoms with E-state index in [4.69, 9.17) is 4.74 Å². The monoisotopic (exact) mass is 250 g/mol. The Labute approximate surface area is 104 Å². The topological polar surface area (TPSA) is 72.7 Å². The zero-order chi connectivity index (χ0) is 13.3. The second-order valence-corrected chi connectivity index (χ2v) is 4.22. The van der Waals surface area contributed by atoms with Gasteiger partial charge in [0.2, 0.25) is 5.91 Å². The number of aryl methyl sites for hydroxylation is 1. The van der Waals surface area contributed by atoms with Gasteiger partial charge in [0.15, 0.2) is 5.75 Å². The van der Waals surface area contributed by atoms with Gasteiger partial charge in [-0.05, 0) is 18.9 Å². The lowest BCUT2D eigenvalue weighted by Gasteiger charge is -2.19. The lowest BCUT2D eigenvalue weighted by atomic mass is 10.1. The van der Waals surface area contributed by atoms with E-state index in [0.717, 1.165) is 6.42 Å². The molecule has 18 heavy (non-hydrogen) atoms. The van der Waals surface area contributed by atoms with Gasteiger partial charge in [-0.1, -0.05) is 0 Å². The first-order valence-corrected chi connectivity index (χ1v) is 5.68. The van der Waals surface area contributed by atoms with E-state index in [1.165, 1.54) is 13.2 Å². The molecule has 0 atom stereocenters. The second-order valence-electron chi connectivity index (χ2n) is 4.22. The molecule has 1 aliphatic heterocycles. The van der Waals surface area contributed by atoms with Gasteiger partial charge in [-0.15, -0.1) is 0 Å². The summed E-state index contributed by atoms with van der Waals surface area (Å²) in [6, 6.07) is 3.01. The molecule has 96 valence electrons. The Kier molecular flexibility index (Phi) is 3.18. The van der Waals surface area contributed by atoms with Crippen LogP contribution in [0.3, 0.4) is 0 Å². The van der Waals surface area contributed by atoms with Crippen molar-refractivity contribution in [2.75, 3.05) is 18.6 Å². The van der Waals surface area contributed by atoms with E-state index in [9.17, 15) is 14.9 Å². The molecule has 6 heteroatoms. The first-order chi connectivity index (χ1) is 8.54. The highest BCUT2D eigenvalue weighted by atomic mass is 16.6. The van der Waals surface area contributed by atoms with Crippen molar-refractivity contribution in [2.24, 2.45) is 0 Å². The van der Waals surface area contributed by atoms with Gasteiger partial charge in [-0.25, -0.2) is 0 Å². The van der Waals surface area contributed by atoms with E-state index in [1.54, 1.807) is 17.9 Å². The second kappa shape index (κ2) is 4.64. The number of hydrogen-bond donors (Lipinski definition) is 0. The van der Waals surface area contributed by atoms with Crippen LogP contribution in [0.5, 0.6) is 5.75 Å². The Morgan fingerprint density at radius 2 is 2.17 bits per heavy atom. The summed E-state index contributed by atoms with van der Waals surface area (Å²) in [5.41, 5.74) is 1.32. The van der Waals surface area contributed by atoms with E-state index in [2.05, 4.69) is 0 Å². The standard InChI is InChI=1S/C12H14N2O4/c1-8-6-10(14(16)17)11(18-2)7-9(8)13-5-3-4-12(13)15/h6-7H,3-5H2,1-2H3. The van der Waals surface area contributed by atoms with Crippen LogP contribution in [0.15, 0.2) is 12.1 Å². The van der Waals surface area contributed by atoms with Crippen LogP contribution in [0.2, 0.25) is 0 Å². The summed E-state index contributed by atoms with van der Waals surface area (Å²) in [5.74, 6) is 0.231. The zero-order valence-electron chi connectivity index (χ0n) is 10.3. The number of anilines is 1. The van der Waals surface area contributed by atoms with E-state index in [-0.39, 0.29) is 17.3 Å². The molecule has 1 amide bonds. The molecule has 0 aliphatic carbocycles. The van der Waals surface area contributed by atoms with Crippen molar-refractivity contribution in [1.29, 1.82) is 0 Å². The molecule has 0 spiro atoms. The summed E-state index contributed by atoms with van der Waals surface area (Å²) in [5, 5.41) is 10.9. The average Bonchev–Trinajstić information content (AvgIpc) is 2.75. The normalized spacial score (nSPS) is 15.0. The smallest absolute Gasteiger partial charge is 0.311 e. The van der Waals surface area contributed by atoms with Crippen molar-refractivity contribution in [3.63, 3.8) is 0 Å². The maximum Gasteiger partial charge on any atom is 0.311 e. The third kappa shape index (κ3) is 2.01. The van der Waals surface area contributed by atoms with Crippen LogP contribution in [-0.4, -0.2) is 24.5 Å². The maximum absolute atomic E-state index is 11.7. The quantitative estimate of drug-likeness (QED) is 0.607. The van der Waals surface area contributed by atoms with Crippen molar-refractivity contribution in [2.45, 2.75) is 19.8 Å². The third-order valence-electron chi connectivity index (χ3n) is 3.06. The van der Waals surface area contributed by atoms with Crippen molar-refractivity contribution in [1.82, 2.24) is 0 Å². The number of amides is 1. The SMILES string of the molecule is COc1cc(N2CCCC2=O)c(C)cc1[N+](=O)[O-]. The summed E-state index contributed by atoms with van der Waals surface area (Å²) in [6.45, 7) is 2.41. The van der Waals surface area contributed by atoms with Gasteiger partial charge in [0, 0.05) is 25.1 Å². The number of carbonyl (C=O) groups is 1. The summed E-state index contributed by atoms with van der Waals surface area (Å²) in [6.07, 6.45) is 1.34. The molecule has 1 saturated heterocycles. The molecule has 1 heterocycles. The van der Waals surface area contributed by atoms with E-state index >= 15 is 0 Å². The molecule has 1 aromatic rings. The molecule has 6 nitrogen and oxygen atoms in total.